The van der Waals surface area contributed by atoms with Gasteiger partial charge in [-0.05, 0) is 59.9 Å². The largest absolute Gasteiger partial charge is 0.490 e. The molecule has 1 saturated heterocycles. The molecule has 1 aromatic carbocycles. The van der Waals surface area contributed by atoms with Crippen LogP contribution in [0.2, 0.25) is 0 Å². The molecule has 3 heterocycles. The van der Waals surface area contributed by atoms with Crippen molar-refractivity contribution in [3.8, 4) is 17.1 Å². The summed E-state index contributed by atoms with van der Waals surface area (Å²) in [5.74, 6) is 1.42. The van der Waals surface area contributed by atoms with Crippen LogP contribution in [0.25, 0.3) is 22.2 Å². The van der Waals surface area contributed by atoms with E-state index in [1.807, 2.05) is 24.4 Å². The number of nitrogens with zero attached hydrogens (tertiary/aromatic N) is 4. The summed E-state index contributed by atoms with van der Waals surface area (Å²) in [6.45, 7) is 1.97. The molecule has 0 radical (unpaired) electrons. The maximum atomic E-state index is 6.24. The maximum absolute atomic E-state index is 6.24. The zero-order valence-electron chi connectivity index (χ0n) is 12.0. The third-order valence-electron chi connectivity index (χ3n) is 3.94. The van der Waals surface area contributed by atoms with Crippen molar-refractivity contribution in [1.82, 2.24) is 30.9 Å². The third-order valence-corrected chi connectivity index (χ3v) is 3.94. The van der Waals surface area contributed by atoms with Crippen LogP contribution in [0.3, 0.4) is 0 Å². The Balaban J connectivity index is 1.81. The molecule has 22 heavy (non-hydrogen) atoms. The number of benzene rings is 1. The van der Waals surface area contributed by atoms with E-state index in [4.69, 9.17) is 4.74 Å². The van der Waals surface area contributed by atoms with Gasteiger partial charge in [0, 0.05) is 17.8 Å². The van der Waals surface area contributed by atoms with Crippen LogP contribution in [0, 0.1) is 0 Å². The van der Waals surface area contributed by atoms with Crippen molar-refractivity contribution in [3.63, 3.8) is 0 Å². The first-order chi connectivity index (χ1) is 10.9. The number of fused-ring (bicyclic) bond motifs is 1. The van der Waals surface area contributed by atoms with Crippen molar-refractivity contribution in [2.24, 2.45) is 0 Å². The lowest BCUT2D eigenvalue weighted by Gasteiger charge is -2.25. The summed E-state index contributed by atoms with van der Waals surface area (Å²) < 4.78 is 6.24. The number of rotatable bonds is 3. The van der Waals surface area contributed by atoms with Crippen molar-refractivity contribution in [2.75, 3.05) is 13.1 Å². The number of piperidine rings is 1. The van der Waals surface area contributed by atoms with Crippen LogP contribution in [0.4, 0.5) is 0 Å². The zero-order chi connectivity index (χ0) is 14.8. The predicted molar refractivity (Wildman–Crippen MR) is 81.4 cm³/mol. The topological polar surface area (TPSA) is 88.6 Å². The van der Waals surface area contributed by atoms with Crippen LogP contribution in [0.5, 0.6) is 5.75 Å². The number of tetrazole rings is 1. The summed E-state index contributed by atoms with van der Waals surface area (Å²) in [5, 5.41) is 19.7. The Kier molecular flexibility index (Phi) is 3.40. The molecule has 0 unspecified atom stereocenters. The highest BCUT2D eigenvalue weighted by molar-refractivity contribution is 5.97. The Bertz CT molecular complexity index is 767. The van der Waals surface area contributed by atoms with E-state index in [0.717, 1.165) is 48.0 Å². The van der Waals surface area contributed by atoms with E-state index in [9.17, 15) is 0 Å². The van der Waals surface area contributed by atoms with Gasteiger partial charge < -0.3 is 10.1 Å². The first-order valence-electron chi connectivity index (χ1n) is 7.40. The van der Waals surface area contributed by atoms with Crippen molar-refractivity contribution < 1.29 is 4.74 Å². The summed E-state index contributed by atoms with van der Waals surface area (Å²) in [6.07, 6.45) is 5.82. The number of nitrogens with one attached hydrogen (secondary N) is 2. The second kappa shape index (κ2) is 5.69. The van der Waals surface area contributed by atoms with Gasteiger partial charge in [-0.25, -0.2) is 5.10 Å². The molecule has 0 atom stereocenters. The maximum Gasteiger partial charge on any atom is 0.183 e. The number of hydrogen-bond donors (Lipinski definition) is 2. The lowest BCUT2D eigenvalue weighted by atomic mass is 10.0. The molecule has 0 saturated carbocycles. The SMILES string of the molecule is c1cc2c(-c3nnn[nH]3)c(OC3CCNCC3)ccc2cn1. The van der Waals surface area contributed by atoms with Crippen LogP contribution in [-0.2, 0) is 0 Å². The van der Waals surface area contributed by atoms with Crippen molar-refractivity contribution in [1.29, 1.82) is 0 Å². The molecule has 3 aromatic rings. The van der Waals surface area contributed by atoms with Gasteiger partial charge in [0.25, 0.3) is 0 Å². The van der Waals surface area contributed by atoms with Gasteiger partial charge in [-0.3, -0.25) is 4.98 Å². The fourth-order valence-electron chi connectivity index (χ4n) is 2.85. The molecule has 7 heteroatoms. The van der Waals surface area contributed by atoms with Crippen molar-refractivity contribution >= 4 is 10.8 Å². The van der Waals surface area contributed by atoms with Crippen LogP contribution < -0.4 is 10.1 Å². The number of H-pyrrole nitrogens is 1. The lowest BCUT2D eigenvalue weighted by molar-refractivity contribution is 0.163. The van der Waals surface area contributed by atoms with Gasteiger partial charge in [0.05, 0.1) is 5.56 Å². The predicted octanol–water partition coefficient (Wildman–Crippen LogP) is 1.55. The summed E-state index contributed by atoms with van der Waals surface area (Å²) in [5.41, 5.74) is 0.892. The highest BCUT2D eigenvalue weighted by atomic mass is 16.5. The Hall–Kier alpha value is -2.54. The van der Waals surface area contributed by atoms with E-state index < -0.39 is 0 Å². The Morgan fingerprint density at radius 1 is 1.14 bits per heavy atom. The fraction of sp³-hybridized carbons (Fsp3) is 0.333. The summed E-state index contributed by atoms with van der Waals surface area (Å²) in [7, 11) is 0. The molecule has 1 fully saturated rings. The first kappa shape index (κ1) is 13.1. The number of aromatic amines is 1. The van der Waals surface area contributed by atoms with E-state index in [1.54, 1.807) is 6.20 Å². The molecular formula is C15H16N6O. The van der Waals surface area contributed by atoms with E-state index in [1.165, 1.54) is 0 Å². The molecule has 0 spiro atoms. The van der Waals surface area contributed by atoms with Gasteiger partial charge >= 0.3 is 0 Å². The summed E-state index contributed by atoms with van der Waals surface area (Å²) >= 11 is 0. The average molecular weight is 296 g/mol. The molecule has 0 amide bonds. The average Bonchev–Trinajstić information content (AvgIpc) is 3.10. The van der Waals surface area contributed by atoms with Crippen molar-refractivity contribution in [2.45, 2.75) is 18.9 Å². The van der Waals surface area contributed by atoms with Gasteiger partial charge in [0.1, 0.15) is 11.9 Å². The van der Waals surface area contributed by atoms with Crippen LogP contribution >= 0.6 is 0 Å². The van der Waals surface area contributed by atoms with Gasteiger partial charge in [0.2, 0.25) is 0 Å². The monoisotopic (exact) mass is 296 g/mol. The van der Waals surface area contributed by atoms with Crippen LogP contribution in [-0.4, -0.2) is 44.8 Å². The molecule has 2 N–H and O–H groups in total. The van der Waals surface area contributed by atoms with Crippen LogP contribution in [0.15, 0.2) is 30.6 Å². The minimum atomic E-state index is 0.218. The second-order valence-corrected chi connectivity index (χ2v) is 5.35. The van der Waals surface area contributed by atoms with E-state index in [2.05, 4.69) is 30.9 Å². The Morgan fingerprint density at radius 2 is 2.05 bits per heavy atom. The lowest BCUT2D eigenvalue weighted by Crippen LogP contribution is -2.34. The molecule has 1 aliphatic heterocycles. The number of aromatic nitrogens is 5. The molecule has 0 aliphatic carbocycles. The molecule has 1 aliphatic rings. The van der Waals surface area contributed by atoms with Gasteiger partial charge in [-0.2, -0.15) is 0 Å². The quantitative estimate of drug-likeness (QED) is 0.762. The van der Waals surface area contributed by atoms with Crippen molar-refractivity contribution in [3.05, 3.63) is 30.6 Å². The van der Waals surface area contributed by atoms with Gasteiger partial charge in [-0.15, -0.1) is 5.10 Å². The Morgan fingerprint density at radius 3 is 2.86 bits per heavy atom. The highest BCUT2D eigenvalue weighted by Gasteiger charge is 2.19. The van der Waals surface area contributed by atoms with E-state index >= 15 is 0 Å². The number of ether oxygens (including phenoxy) is 1. The Labute approximate surface area is 127 Å². The second-order valence-electron chi connectivity index (χ2n) is 5.35. The third kappa shape index (κ3) is 2.39. The minimum absolute atomic E-state index is 0.218. The molecular weight excluding hydrogens is 280 g/mol. The van der Waals surface area contributed by atoms with E-state index in [0.29, 0.717) is 5.82 Å². The standard InChI is InChI=1S/C15H16N6O/c1-2-13(22-11-3-6-16-7-4-11)14(15-18-20-21-19-15)12-5-8-17-9-10(1)12/h1-2,5,8-9,11,16H,3-4,6-7H2,(H,18,19,20,21). The van der Waals surface area contributed by atoms with Gasteiger partial charge in [0.15, 0.2) is 5.82 Å². The molecule has 2 aromatic heterocycles. The van der Waals surface area contributed by atoms with Gasteiger partial charge in [-0.1, -0.05) is 0 Å². The number of hydrogen-bond acceptors (Lipinski definition) is 6. The highest BCUT2D eigenvalue weighted by Crippen LogP contribution is 2.35. The smallest absolute Gasteiger partial charge is 0.183 e. The number of pyridine rings is 1. The minimum Gasteiger partial charge on any atom is -0.490 e. The summed E-state index contributed by atoms with van der Waals surface area (Å²) in [4.78, 5) is 4.17. The molecule has 0 bridgehead atoms. The first-order valence-corrected chi connectivity index (χ1v) is 7.40. The molecule has 112 valence electrons. The van der Waals surface area contributed by atoms with Crippen LogP contribution in [0.1, 0.15) is 12.8 Å². The van der Waals surface area contributed by atoms with E-state index in [-0.39, 0.29) is 6.10 Å². The fourth-order valence-corrected chi connectivity index (χ4v) is 2.85. The molecule has 7 nitrogen and oxygen atoms in total. The molecule has 4 rings (SSSR count). The summed E-state index contributed by atoms with van der Waals surface area (Å²) in [6, 6.07) is 5.96. The zero-order valence-corrected chi connectivity index (χ0v) is 12.0. The normalized spacial score (nSPS) is 16.0.